The SMILES string of the molecule is Cc1ccsc1C(=O)N1CCC[C@H](C(=O)c2cccc(OC(C)C)c2)C1. The minimum atomic E-state index is -0.151. The first-order valence-electron chi connectivity index (χ1n) is 9.10. The molecular formula is C21H25NO3S. The smallest absolute Gasteiger partial charge is 0.264 e. The van der Waals surface area contributed by atoms with Gasteiger partial charge in [0.15, 0.2) is 5.78 Å². The predicted octanol–water partition coefficient (Wildman–Crippen LogP) is 4.58. The number of aryl methyl sites for hydroxylation is 1. The molecule has 2 aromatic rings. The third-order valence-corrected chi connectivity index (χ3v) is 5.63. The summed E-state index contributed by atoms with van der Waals surface area (Å²) < 4.78 is 5.70. The normalized spacial score (nSPS) is 17.4. The van der Waals surface area contributed by atoms with Gasteiger partial charge in [-0.1, -0.05) is 12.1 Å². The summed E-state index contributed by atoms with van der Waals surface area (Å²) in [7, 11) is 0. The highest BCUT2D eigenvalue weighted by molar-refractivity contribution is 7.12. The van der Waals surface area contributed by atoms with Crippen LogP contribution >= 0.6 is 11.3 Å². The number of hydrogen-bond donors (Lipinski definition) is 0. The van der Waals surface area contributed by atoms with Gasteiger partial charge in [-0.25, -0.2) is 0 Å². The molecule has 4 nitrogen and oxygen atoms in total. The van der Waals surface area contributed by atoms with Gasteiger partial charge in [0, 0.05) is 24.6 Å². The molecule has 0 N–H and O–H groups in total. The van der Waals surface area contributed by atoms with Gasteiger partial charge in [0.1, 0.15) is 5.75 Å². The Labute approximate surface area is 158 Å². The summed E-state index contributed by atoms with van der Waals surface area (Å²) in [4.78, 5) is 28.4. The molecule has 1 aliphatic rings. The van der Waals surface area contributed by atoms with Gasteiger partial charge in [-0.2, -0.15) is 0 Å². The van der Waals surface area contributed by atoms with Crippen molar-refractivity contribution in [2.45, 2.75) is 39.7 Å². The molecule has 0 unspecified atom stereocenters. The second-order valence-electron chi connectivity index (χ2n) is 7.08. The molecule has 0 spiro atoms. The van der Waals surface area contributed by atoms with Crippen molar-refractivity contribution in [1.82, 2.24) is 4.90 Å². The van der Waals surface area contributed by atoms with Gasteiger partial charge >= 0.3 is 0 Å². The highest BCUT2D eigenvalue weighted by Crippen LogP contribution is 2.26. The fourth-order valence-electron chi connectivity index (χ4n) is 3.34. The number of rotatable bonds is 5. The molecule has 0 aliphatic carbocycles. The van der Waals surface area contributed by atoms with E-state index in [1.54, 1.807) is 0 Å². The fourth-order valence-corrected chi connectivity index (χ4v) is 4.23. The minimum absolute atomic E-state index is 0.0480. The molecule has 1 aromatic carbocycles. The Morgan fingerprint density at radius 1 is 1.27 bits per heavy atom. The zero-order valence-electron chi connectivity index (χ0n) is 15.5. The van der Waals surface area contributed by atoms with Crippen LogP contribution in [-0.4, -0.2) is 35.8 Å². The van der Waals surface area contributed by atoms with E-state index >= 15 is 0 Å². The zero-order chi connectivity index (χ0) is 18.7. The third-order valence-electron chi connectivity index (χ3n) is 4.63. The molecule has 1 saturated heterocycles. The highest BCUT2D eigenvalue weighted by atomic mass is 32.1. The van der Waals surface area contributed by atoms with Gasteiger partial charge in [-0.15, -0.1) is 11.3 Å². The molecule has 1 aromatic heterocycles. The largest absolute Gasteiger partial charge is 0.491 e. The molecule has 26 heavy (non-hydrogen) atoms. The fraction of sp³-hybridized carbons (Fsp3) is 0.429. The van der Waals surface area contributed by atoms with Crippen LogP contribution in [0, 0.1) is 12.8 Å². The number of carbonyl (C=O) groups is 2. The summed E-state index contributed by atoms with van der Waals surface area (Å²) >= 11 is 1.47. The Morgan fingerprint density at radius 2 is 2.08 bits per heavy atom. The summed E-state index contributed by atoms with van der Waals surface area (Å²) in [6.07, 6.45) is 1.74. The molecule has 1 fully saturated rings. The summed E-state index contributed by atoms with van der Waals surface area (Å²) in [6.45, 7) is 7.09. The van der Waals surface area contributed by atoms with Crippen molar-refractivity contribution in [2.24, 2.45) is 5.92 Å². The van der Waals surface area contributed by atoms with E-state index < -0.39 is 0 Å². The van der Waals surface area contributed by atoms with Crippen molar-refractivity contribution in [1.29, 1.82) is 0 Å². The Kier molecular flexibility index (Phi) is 5.77. The van der Waals surface area contributed by atoms with Crippen LogP contribution in [0.4, 0.5) is 0 Å². The number of piperidine rings is 1. The minimum Gasteiger partial charge on any atom is -0.491 e. The lowest BCUT2D eigenvalue weighted by Crippen LogP contribution is -2.42. The molecule has 0 radical (unpaired) electrons. The maximum absolute atomic E-state index is 13.0. The van der Waals surface area contributed by atoms with E-state index in [2.05, 4.69) is 0 Å². The lowest BCUT2D eigenvalue weighted by Gasteiger charge is -2.32. The van der Waals surface area contributed by atoms with Gasteiger partial charge in [0.05, 0.1) is 11.0 Å². The van der Waals surface area contributed by atoms with Crippen molar-refractivity contribution in [3.05, 3.63) is 51.7 Å². The van der Waals surface area contributed by atoms with Gasteiger partial charge in [-0.05, 0) is 62.8 Å². The number of likely N-dealkylation sites (tertiary alicyclic amines) is 1. The summed E-state index contributed by atoms with van der Waals surface area (Å²) in [6, 6.07) is 9.33. The number of amides is 1. The summed E-state index contributed by atoms with van der Waals surface area (Å²) in [5.41, 5.74) is 1.67. The van der Waals surface area contributed by atoms with E-state index in [1.807, 2.05) is 61.4 Å². The Morgan fingerprint density at radius 3 is 2.77 bits per heavy atom. The van der Waals surface area contributed by atoms with E-state index in [4.69, 9.17) is 4.74 Å². The van der Waals surface area contributed by atoms with Crippen LogP contribution in [0.1, 0.15) is 52.3 Å². The van der Waals surface area contributed by atoms with Crippen LogP contribution in [-0.2, 0) is 0 Å². The van der Waals surface area contributed by atoms with Crippen molar-refractivity contribution in [2.75, 3.05) is 13.1 Å². The van der Waals surface area contributed by atoms with Crippen molar-refractivity contribution < 1.29 is 14.3 Å². The van der Waals surface area contributed by atoms with Crippen molar-refractivity contribution in [3.8, 4) is 5.75 Å². The molecule has 5 heteroatoms. The van der Waals surface area contributed by atoms with Crippen LogP contribution in [0.15, 0.2) is 35.7 Å². The molecular weight excluding hydrogens is 346 g/mol. The van der Waals surface area contributed by atoms with Crippen LogP contribution in [0.25, 0.3) is 0 Å². The van der Waals surface area contributed by atoms with E-state index in [-0.39, 0.29) is 23.7 Å². The van der Waals surface area contributed by atoms with Gasteiger partial charge in [0.25, 0.3) is 5.91 Å². The second kappa shape index (κ2) is 8.04. The van der Waals surface area contributed by atoms with E-state index in [0.717, 1.165) is 29.8 Å². The van der Waals surface area contributed by atoms with Crippen LogP contribution in [0.5, 0.6) is 5.75 Å². The molecule has 3 rings (SSSR count). The number of nitrogens with zero attached hydrogens (tertiary/aromatic N) is 1. The first kappa shape index (κ1) is 18.6. The molecule has 138 valence electrons. The molecule has 0 bridgehead atoms. The maximum Gasteiger partial charge on any atom is 0.264 e. The van der Waals surface area contributed by atoms with Gasteiger partial charge in [0.2, 0.25) is 0 Å². The topological polar surface area (TPSA) is 46.6 Å². The highest BCUT2D eigenvalue weighted by Gasteiger charge is 2.30. The molecule has 1 atom stereocenters. The second-order valence-corrected chi connectivity index (χ2v) is 8.00. The average Bonchev–Trinajstić information content (AvgIpc) is 3.06. The van der Waals surface area contributed by atoms with Gasteiger partial charge in [-0.3, -0.25) is 9.59 Å². The first-order valence-corrected chi connectivity index (χ1v) is 9.98. The quantitative estimate of drug-likeness (QED) is 0.723. The molecule has 1 amide bonds. The standard InChI is InChI=1S/C21H25NO3S/c1-14(2)25-18-8-4-6-16(12-18)19(23)17-7-5-10-22(13-17)21(24)20-15(3)9-11-26-20/h4,6,8-9,11-12,14,17H,5,7,10,13H2,1-3H3/t17-/m0/s1. The van der Waals surface area contributed by atoms with Crippen LogP contribution in [0.3, 0.4) is 0 Å². The predicted molar refractivity (Wildman–Crippen MR) is 104 cm³/mol. The summed E-state index contributed by atoms with van der Waals surface area (Å²) in [5, 5.41) is 1.94. The van der Waals surface area contributed by atoms with Gasteiger partial charge < -0.3 is 9.64 Å². The zero-order valence-corrected chi connectivity index (χ0v) is 16.3. The number of thiophene rings is 1. The van der Waals surface area contributed by atoms with Crippen molar-refractivity contribution in [3.63, 3.8) is 0 Å². The average molecular weight is 372 g/mol. The number of hydrogen-bond acceptors (Lipinski definition) is 4. The number of benzene rings is 1. The Bertz CT molecular complexity index is 796. The first-order chi connectivity index (χ1) is 12.5. The molecule has 1 aliphatic heterocycles. The molecule has 0 saturated carbocycles. The number of Topliss-reactive ketones (excluding diaryl/α,β-unsaturated/α-hetero) is 1. The van der Waals surface area contributed by atoms with E-state index in [0.29, 0.717) is 17.9 Å². The number of carbonyl (C=O) groups excluding carboxylic acids is 2. The van der Waals surface area contributed by atoms with Crippen LogP contribution < -0.4 is 4.74 Å². The van der Waals surface area contributed by atoms with Crippen molar-refractivity contribution >= 4 is 23.0 Å². The van der Waals surface area contributed by atoms with E-state index in [9.17, 15) is 9.59 Å². The lowest BCUT2D eigenvalue weighted by molar-refractivity contribution is 0.0640. The Hall–Kier alpha value is -2.14. The summed E-state index contributed by atoms with van der Waals surface area (Å²) in [5.74, 6) is 0.706. The Balaban J connectivity index is 1.72. The monoisotopic (exact) mass is 371 g/mol. The maximum atomic E-state index is 13.0. The van der Waals surface area contributed by atoms with E-state index in [1.165, 1.54) is 11.3 Å². The van der Waals surface area contributed by atoms with Crippen LogP contribution in [0.2, 0.25) is 0 Å². The lowest BCUT2D eigenvalue weighted by atomic mass is 9.89. The molecule has 2 heterocycles. The third kappa shape index (κ3) is 4.15. The number of ether oxygens (including phenoxy) is 1. The number of ketones is 1.